The quantitative estimate of drug-likeness (QED) is 0.458. The number of ketones is 1. The van der Waals surface area contributed by atoms with Gasteiger partial charge in [-0.2, -0.15) is 0 Å². The van der Waals surface area contributed by atoms with Crippen LogP contribution in [-0.4, -0.2) is 27.5 Å². The first-order valence-electron chi connectivity index (χ1n) is 8.99. The van der Waals surface area contributed by atoms with Gasteiger partial charge in [-0.1, -0.05) is 41.9 Å². The van der Waals surface area contributed by atoms with E-state index in [0.29, 0.717) is 0 Å². The van der Waals surface area contributed by atoms with Crippen LogP contribution >= 0.6 is 11.6 Å². The van der Waals surface area contributed by atoms with Gasteiger partial charge in [-0.15, -0.1) is 0 Å². The van der Waals surface area contributed by atoms with E-state index in [9.17, 15) is 23.6 Å². The average molecular weight is 446 g/mol. The fourth-order valence-electron chi connectivity index (χ4n) is 2.90. The van der Waals surface area contributed by atoms with Crippen LogP contribution in [0.3, 0.4) is 0 Å². The second-order valence-electron chi connectivity index (χ2n) is 6.60. The molecule has 0 amide bonds. The summed E-state index contributed by atoms with van der Waals surface area (Å²) in [6, 6.07) is 12.1. The van der Waals surface area contributed by atoms with Gasteiger partial charge in [-0.05, 0) is 23.8 Å². The first kappa shape index (κ1) is 22.0. The number of nitrogens with zero attached hydrogens (tertiary/aromatic N) is 2. The number of nitrogens with two attached hydrogens (primary N) is 1. The predicted octanol–water partition coefficient (Wildman–Crippen LogP) is 2.01. The Hall–Kier alpha value is -3.72. The Labute approximate surface area is 180 Å². The SMILES string of the molecule is Cn1c(=O)c(C(=O)COC(=O)c2ccc(Cl)cc2F)c(N)n(Cc2ccccc2)c1=O. The van der Waals surface area contributed by atoms with Crippen LogP contribution < -0.4 is 17.0 Å². The Bertz CT molecular complexity index is 1280. The van der Waals surface area contributed by atoms with Gasteiger partial charge in [0, 0.05) is 12.1 Å². The van der Waals surface area contributed by atoms with E-state index in [0.717, 1.165) is 26.8 Å². The molecule has 0 spiro atoms. The molecule has 0 radical (unpaired) electrons. The lowest BCUT2D eigenvalue weighted by atomic mass is 10.1. The second kappa shape index (κ2) is 8.97. The van der Waals surface area contributed by atoms with E-state index < -0.39 is 46.6 Å². The number of benzene rings is 2. The van der Waals surface area contributed by atoms with Crippen LogP contribution in [0.25, 0.3) is 0 Å². The van der Waals surface area contributed by atoms with Crippen LogP contribution in [-0.2, 0) is 18.3 Å². The number of aromatic nitrogens is 2. The first-order chi connectivity index (χ1) is 14.7. The minimum absolute atomic E-state index is 0.0235. The van der Waals surface area contributed by atoms with Crippen LogP contribution in [0.5, 0.6) is 0 Å². The molecule has 1 heterocycles. The van der Waals surface area contributed by atoms with E-state index >= 15 is 0 Å². The topological polar surface area (TPSA) is 113 Å². The molecule has 10 heteroatoms. The van der Waals surface area contributed by atoms with E-state index in [-0.39, 0.29) is 17.4 Å². The molecule has 0 aliphatic rings. The normalized spacial score (nSPS) is 10.7. The second-order valence-corrected chi connectivity index (χ2v) is 7.04. The molecule has 2 aromatic carbocycles. The van der Waals surface area contributed by atoms with Crippen molar-refractivity contribution in [3.05, 3.63) is 96.9 Å². The van der Waals surface area contributed by atoms with Gasteiger partial charge in [0.1, 0.15) is 17.2 Å². The molecular formula is C21H17ClFN3O5. The predicted molar refractivity (Wildman–Crippen MR) is 112 cm³/mol. The summed E-state index contributed by atoms with van der Waals surface area (Å²) < 4.78 is 20.5. The fraction of sp³-hybridized carbons (Fsp3) is 0.143. The molecule has 0 bridgehead atoms. The smallest absolute Gasteiger partial charge is 0.341 e. The van der Waals surface area contributed by atoms with Crippen molar-refractivity contribution in [3.63, 3.8) is 0 Å². The maximum Gasteiger partial charge on any atom is 0.341 e. The molecule has 31 heavy (non-hydrogen) atoms. The number of ether oxygens (including phenoxy) is 1. The highest BCUT2D eigenvalue weighted by atomic mass is 35.5. The number of halogens is 2. The van der Waals surface area contributed by atoms with Crippen molar-refractivity contribution in [2.24, 2.45) is 7.05 Å². The van der Waals surface area contributed by atoms with Crippen molar-refractivity contribution >= 4 is 29.2 Å². The number of rotatable bonds is 6. The molecular weight excluding hydrogens is 429 g/mol. The molecule has 1 aromatic heterocycles. The van der Waals surface area contributed by atoms with Crippen LogP contribution in [0.1, 0.15) is 26.3 Å². The monoisotopic (exact) mass is 445 g/mol. The summed E-state index contributed by atoms with van der Waals surface area (Å²) in [5.74, 6) is -3.31. The van der Waals surface area contributed by atoms with Gasteiger partial charge in [-0.3, -0.25) is 18.7 Å². The Balaban J connectivity index is 1.89. The maximum atomic E-state index is 13.9. The zero-order chi connectivity index (χ0) is 22.7. The Morgan fingerprint density at radius 2 is 1.81 bits per heavy atom. The van der Waals surface area contributed by atoms with Crippen LogP contribution in [0.2, 0.25) is 5.02 Å². The molecule has 2 N–H and O–H groups in total. The van der Waals surface area contributed by atoms with Crippen molar-refractivity contribution in [1.29, 1.82) is 0 Å². The molecule has 3 rings (SSSR count). The summed E-state index contributed by atoms with van der Waals surface area (Å²) in [6.45, 7) is -0.848. The lowest BCUT2D eigenvalue weighted by Gasteiger charge is -2.14. The minimum Gasteiger partial charge on any atom is -0.454 e. The number of carbonyl (C=O) groups excluding carboxylic acids is 2. The largest absolute Gasteiger partial charge is 0.454 e. The Morgan fingerprint density at radius 3 is 2.45 bits per heavy atom. The van der Waals surface area contributed by atoms with Crippen LogP contribution in [0.4, 0.5) is 10.2 Å². The molecule has 0 aliphatic heterocycles. The van der Waals surface area contributed by atoms with Gasteiger partial charge in [0.2, 0.25) is 5.78 Å². The lowest BCUT2D eigenvalue weighted by molar-refractivity contribution is 0.0469. The van der Waals surface area contributed by atoms with E-state index in [1.807, 2.05) is 0 Å². The third kappa shape index (κ3) is 4.56. The van der Waals surface area contributed by atoms with Crippen LogP contribution in [0.15, 0.2) is 58.1 Å². The zero-order valence-electron chi connectivity index (χ0n) is 16.3. The van der Waals surface area contributed by atoms with E-state index in [1.54, 1.807) is 30.3 Å². The number of carbonyl (C=O) groups is 2. The first-order valence-corrected chi connectivity index (χ1v) is 9.37. The van der Waals surface area contributed by atoms with E-state index in [4.69, 9.17) is 22.1 Å². The molecule has 0 atom stereocenters. The maximum absolute atomic E-state index is 13.9. The minimum atomic E-state index is -1.12. The molecule has 8 nitrogen and oxygen atoms in total. The number of hydrogen-bond acceptors (Lipinski definition) is 6. The fourth-order valence-corrected chi connectivity index (χ4v) is 3.06. The highest BCUT2D eigenvalue weighted by Crippen LogP contribution is 2.16. The van der Waals surface area contributed by atoms with E-state index in [1.165, 1.54) is 13.1 Å². The van der Waals surface area contributed by atoms with Crippen molar-refractivity contribution in [3.8, 4) is 0 Å². The molecule has 0 saturated heterocycles. The van der Waals surface area contributed by atoms with Gasteiger partial charge in [-0.25, -0.2) is 14.0 Å². The highest BCUT2D eigenvalue weighted by Gasteiger charge is 2.23. The lowest BCUT2D eigenvalue weighted by Crippen LogP contribution is -2.43. The zero-order valence-corrected chi connectivity index (χ0v) is 17.1. The van der Waals surface area contributed by atoms with Crippen molar-refractivity contribution in [2.45, 2.75) is 6.54 Å². The molecule has 0 aliphatic carbocycles. The van der Waals surface area contributed by atoms with Gasteiger partial charge < -0.3 is 10.5 Å². The average Bonchev–Trinajstić information content (AvgIpc) is 2.74. The van der Waals surface area contributed by atoms with Gasteiger partial charge in [0.05, 0.1) is 12.1 Å². The standard InChI is InChI=1S/C21H17ClFN3O5/c1-25-19(28)17(18(24)26(21(25)30)10-12-5-3-2-4-6-12)16(27)11-31-20(29)14-8-7-13(22)9-15(14)23/h2-9H,10-11,24H2,1H3. The van der Waals surface area contributed by atoms with Gasteiger partial charge in [0.25, 0.3) is 5.56 Å². The van der Waals surface area contributed by atoms with Crippen molar-refractivity contribution in [1.82, 2.24) is 9.13 Å². The third-order valence-corrected chi connectivity index (χ3v) is 4.77. The van der Waals surface area contributed by atoms with E-state index in [2.05, 4.69) is 0 Å². The molecule has 160 valence electrons. The molecule has 0 fully saturated rings. The summed E-state index contributed by atoms with van der Waals surface area (Å²) in [6.07, 6.45) is 0. The summed E-state index contributed by atoms with van der Waals surface area (Å²) in [5, 5.41) is 0.0852. The molecule has 0 saturated carbocycles. The Kier molecular flexibility index (Phi) is 6.36. The number of nitrogen functional groups attached to an aromatic ring is 1. The third-order valence-electron chi connectivity index (χ3n) is 4.53. The summed E-state index contributed by atoms with van der Waals surface area (Å²) in [7, 11) is 1.21. The highest BCUT2D eigenvalue weighted by molar-refractivity contribution is 6.30. The molecule has 3 aromatic rings. The molecule has 0 unspecified atom stereocenters. The van der Waals surface area contributed by atoms with Crippen LogP contribution in [0, 0.1) is 5.82 Å². The Morgan fingerprint density at radius 1 is 1.13 bits per heavy atom. The van der Waals surface area contributed by atoms with Gasteiger partial charge in [0.15, 0.2) is 6.61 Å². The van der Waals surface area contributed by atoms with Crippen molar-refractivity contribution < 1.29 is 18.7 Å². The summed E-state index contributed by atoms with van der Waals surface area (Å²) in [4.78, 5) is 49.7. The summed E-state index contributed by atoms with van der Waals surface area (Å²) in [5.41, 5.74) is 4.14. The van der Waals surface area contributed by atoms with Gasteiger partial charge >= 0.3 is 11.7 Å². The number of anilines is 1. The van der Waals surface area contributed by atoms with Crippen molar-refractivity contribution in [2.75, 3.05) is 12.3 Å². The number of esters is 1. The number of Topliss-reactive ketones (excluding diaryl/α,β-unsaturated/α-hetero) is 1. The summed E-state index contributed by atoms with van der Waals surface area (Å²) >= 11 is 5.64. The number of hydrogen-bond donors (Lipinski definition) is 1.